The zero-order chi connectivity index (χ0) is 17.4. The molecule has 5 heteroatoms. The maximum atomic E-state index is 5.61. The van der Waals surface area contributed by atoms with Crippen molar-refractivity contribution in [2.45, 2.75) is 31.7 Å². The molecular weight excluding hydrogens is 314 g/mol. The van der Waals surface area contributed by atoms with E-state index >= 15 is 0 Å². The third-order valence-corrected chi connectivity index (χ3v) is 4.75. The second-order valence-electron chi connectivity index (χ2n) is 6.39. The van der Waals surface area contributed by atoms with Crippen molar-refractivity contribution in [3.05, 3.63) is 60.1 Å². The molecule has 1 aliphatic heterocycles. The molecule has 0 amide bonds. The van der Waals surface area contributed by atoms with Crippen LogP contribution in [-0.2, 0) is 16.7 Å². The highest BCUT2D eigenvalue weighted by Crippen LogP contribution is 2.34. The molecule has 134 valence electrons. The van der Waals surface area contributed by atoms with Crippen molar-refractivity contribution in [2.24, 2.45) is 4.99 Å². The first-order valence-electron chi connectivity index (χ1n) is 9.00. The van der Waals surface area contributed by atoms with Gasteiger partial charge in [-0.05, 0) is 37.5 Å². The summed E-state index contributed by atoms with van der Waals surface area (Å²) in [5.74, 6) is 1.68. The van der Waals surface area contributed by atoms with E-state index in [0.29, 0.717) is 6.54 Å². The summed E-state index contributed by atoms with van der Waals surface area (Å²) in [4.78, 5) is 4.63. The predicted octanol–water partition coefficient (Wildman–Crippen LogP) is 3.08. The van der Waals surface area contributed by atoms with Crippen molar-refractivity contribution in [2.75, 3.05) is 26.3 Å². The summed E-state index contributed by atoms with van der Waals surface area (Å²) in [5.41, 5.74) is 1.45. The minimum atomic E-state index is 0.0837. The van der Waals surface area contributed by atoms with Gasteiger partial charge < -0.3 is 19.8 Å². The Hall–Kier alpha value is -2.27. The number of nitrogens with one attached hydrogen (secondary N) is 2. The number of aliphatic imine (C=N–C) groups is 1. The third kappa shape index (κ3) is 4.63. The first-order chi connectivity index (χ1) is 12.3. The number of ether oxygens (including phenoxy) is 1. The molecule has 0 radical (unpaired) electrons. The molecule has 1 aromatic heterocycles. The van der Waals surface area contributed by atoms with Crippen molar-refractivity contribution in [3.8, 4) is 0 Å². The van der Waals surface area contributed by atoms with Gasteiger partial charge in [0.1, 0.15) is 12.3 Å². The average Bonchev–Trinajstić information content (AvgIpc) is 3.19. The van der Waals surface area contributed by atoms with Gasteiger partial charge >= 0.3 is 0 Å². The van der Waals surface area contributed by atoms with E-state index in [1.165, 1.54) is 5.56 Å². The van der Waals surface area contributed by atoms with Gasteiger partial charge in [0.15, 0.2) is 5.96 Å². The van der Waals surface area contributed by atoms with Gasteiger partial charge in [-0.15, -0.1) is 0 Å². The van der Waals surface area contributed by atoms with Gasteiger partial charge in [-0.25, -0.2) is 4.99 Å². The number of benzene rings is 1. The van der Waals surface area contributed by atoms with Crippen molar-refractivity contribution >= 4 is 5.96 Å². The van der Waals surface area contributed by atoms with Gasteiger partial charge in [0, 0.05) is 31.7 Å². The van der Waals surface area contributed by atoms with Crippen LogP contribution in [0, 0.1) is 0 Å². The molecule has 1 saturated heterocycles. The zero-order valence-electron chi connectivity index (χ0n) is 14.8. The van der Waals surface area contributed by atoms with Crippen LogP contribution in [0.5, 0.6) is 0 Å². The summed E-state index contributed by atoms with van der Waals surface area (Å²) >= 11 is 0. The minimum Gasteiger partial charge on any atom is -0.467 e. The van der Waals surface area contributed by atoms with Gasteiger partial charge in [0.05, 0.1) is 6.26 Å². The Kier molecular flexibility index (Phi) is 6.12. The molecule has 0 atom stereocenters. The van der Waals surface area contributed by atoms with Gasteiger partial charge in [-0.2, -0.15) is 0 Å². The monoisotopic (exact) mass is 341 g/mol. The number of nitrogens with zero attached hydrogens (tertiary/aromatic N) is 1. The number of hydrogen-bond donors (Lipinski definition) is 2. The van der Waals surface area contributed by atoms with Crippen molar-refractivity contribution < 1.29 is 9.15 Å². The second kappa shape index (κ2) is 8.72. The maximum absolute atomic E-state index is 5.61. The van der Waals surface area contributed by atoms with Gasteiger partial charge in [-0.1, -0.05) is 30.3 Å². The smallest absolute Gasteiger partial charge is 0.191 e. The lowest BCUT2D eigenvalue weighted by atomic mass is 9.74. The van der Waals surface area contributed by atoms with Crippen LogP contribution in [0.25, 0.3) is 0 Å². The molecule has 2 aromatic rings. The normalized spacial score (nSPS) is 17.2. The Morgan fingerprint density at radius 1 is 1.08 bits per heavy atom. The quantitative estimate of drug-likeness (QED) is 0.626. The van der Waals surface area contributed by atoms with E-state index in [2.05, 4.69) is 52.9 Å². The maximum Gasteiger partial charge on any atom is 0.191 e. The molecule has 0 aliphatic carbocycles. The molecule has 2 heterocycles. The van der Waals surface area contributed by atoms with Crippen molar-refractivity contribution in [1.82, 2.24) is 10.6 Å². The van der Waals surface area contributed by atoms with E-state index in [-0.39, 0.29) is 5.41 Å². The molecule has 5 nitrogen and oxygen atoms in total. The summed E-state index contributed by atoms with van der Waals surface area (Å²) in [7, 11) is 0. The van der Waals surface area contributed by atoms with Crippen LogP contribution in [0.1, 0.15) is 31.1 Å². The molecule has 0 unspecified atom stereocenters. The average molecular weight is 341 g/mol. The molecule has 0 saturated carbocycles. The molecule has 1 fully saturated rings. The topological polar surface area (TPSA) is 58.8 Å². The lowest BCUT2D eigenvalue weighted by Crippen LogP contribution is -2.48. The molecule has 1 aromatic carbocycles. The highest BCUT2D eigenvalue weighted by atomic mass is 16.5. The lowest BCUT2D eigenvalue weighted by Gasteiger charge is -2.38. The Balaban J connectivity index is 1.71. The fraction of sp³-hybridized carbons (Fsp3) is 0.450. The van der Waals surface area contributed by atoms with E-state index < -0.39 is 0 Å². The predicted molar refractivity (Wildman–Crippen MR) is 99.7 cm³/mol. The van der Waals surface area contributed by atoms with Crippen LogP contribution in [0.3, 0.4) is 0 Å². The minimum absolute atomic E-state index is 0.0837. The van der Waals surface area contributed by atoms with Gasteiger partial charge in [0.25, 0.3) is 0 Å². The van der Waals surface area contributed by atoms with Gasteiger partial charge in [-0.3, -0.25) is 0 Å². The van der Waals surface area contributed by atoms with Crippen LogP contribution < -0.4 is 10.6 Å². The van der Waals surface area contributed by atoms with Crippen LogP contribution in [-0.4, -0.2) is 32.3 Å². The molecule has 25 heavy (non-hydrogen) atoms. The summed E-state index contributed by atoms with van der Waals surface area (Å²) < 4.78 is 11.0. The largest absolute Gasteiger partial charge is 0.467 e. The number of rotatable bonds is 6. The first kappa shape index (κ1) is 17.5. The zero-order valence-corrected chi connectivity index (χ0v) is 14.8. The Labute approximate surface area is 149 Å². The van der Waals surface area contributed by atoms with Crippen LogP contribution in [0.2, 0.25) is 0 Å². The molecular formula is C20H27N3O2. The molecule has 1 aliphatic rings. The van der Waals surface area contributed by atoms with E-state index in [1.807, 2.05) is 12.1 Å². The summed E-state index contributed by atoms with van der Waals surface area (Å²) in [6.45, 7) is 5.87. The fourth-order valence-electron chi connectivity index (χ4n) is 3.28. The molecule has 0 spiro atoms. The highest BCUT2D eigenvalue weighted by Gasteiger charge is 2.34. The summed E-state index contributed by atoms with van der Waals surface area (Å²) in [6, 6.07) is 14.6. The van der Waals surface area contributed by atoms with E-state index in [9.17, 15) is 0 Å². The Morgan fingerprint density at radius 2 is 1.88 bits per heavy atom. The third-order valence-electron chi connectivity index (χ3n) is 4.75. The second-order valence-corrected chi connectivity index (χ2v) is 6.39. The fourth-order valence-corrected chi connectivity index (χ4v) is 3.28. The van der Waals surface area contributed by atoms with E-state index in [1.54, 1.807) is 6.26 Å². The standard InChI is InChI=1S/C20H27N3O2/c1-2-21-19(22-15-18-9-6-12-25-18)23-16-20(10-13-24-14-11-20)17-7-4-3-5-8-17/h3-9,12H,2,10-11,13-16H2,1H3,(H2,21,22,23). The Morgan fingerprint density at radius 3 is 2.56 bits per heavy atom. The van der Waals surface area contributed by atoms with Crippen LogP contribution >= 0.6 is 0 Å². The summed E-state index contributed by atoms with van der Waals surface area (Å²) in [6.07, 6.45) is 3.71. The highest BCUT2D eigenvalue weighted by molar-refractivity contribution is 5.79. The lowest BCUT2D eigenvalue weighted by molar-refractivity contribution is 0.0514. The van der Waals surface area contributed by atoms with Crippen LogP contribution in [0.15, 0.2) is 58.1 Å². The molecule has 2 N–H and O–H groups in total. The van der Waals surface area contributed by atoms with E-state index in [4.69, 9.17) is 9.15 Å². The van der Waals surface area contributed by atoms with E-state index in [0.717, 1.165) is 50.9 Å². The summed E-state index contributed by atoms with van der Waals surface area (Å²) in [5, 5.41) is 6.85. The molecule has 3 rings (SSSR count). The first-order valence-corrected chi connectivity index (χ1v) is 9.00. The van der Waals surface area contributed by atoms with Crippen LogP contribution in [0.4, 0.5) is 0 Å². The SMILES string of the molecule is CCNC(=NCc1ccco1)NCC1(c2ccccc2)CCOCC1. The number of furan rings is 1. The Bertz CT molecular complexity index is 647. The van der Waals surface area contributed by atoms with Crippen molar-refractivity contribution in [1.29, 1.82) is 0 Å². The van der Waals surface area contributed by atoms with Crippen molar-refractivity contribution in [3.63, 3.8) is 0 Å². The molecule has 0 bridgehead atoms. The number of guanidine groups is 1. The number of hydrogen-bond acceptors (Lipinski definition) is 3. The van der Waals surface area contributed by atoms with Gasteiger partial charge in [0.2, 0.25) is 0 Å².